The third-order valence-electron chi connectivity index (χ3n) is 2.88. The van der Waals surface area contributed by atoms with Gasteiger partial charge in [-0.3, -0.25) is 0 Å². The van der Waals surface area contributed by atoms with Gasteiger partial charge < -0.3 is 19.9 Å². The molecule has 0 amide bonds. The zero-order valence-electron chi connectivity index (χ0n) is 10.6. The molecule has 0 aliphatic rings. The Labute approximate surface area is 117 Å². The van der Waals surface area contributed by atoms with Crippen molar-refractivity contribution in [3.8, 4) is 0 Å². The van der Waals surface area contributed by atoms with Crippen LogP contribution >= 0.6 is 0 Å². The van der Waals surface area contributed by atoms with Gasteiger partial charge in [0.15, 0.2) is 6.10 Å². The Hall–Kier alpha value is -2.06. The summed E-state index contributed by atoms with van der Waals surface area (Å²) in [6.07, 6.45) is -7.24. The number of alkyl halides is 3. The number of hydrogen-bond donors (Lipinski definition) is 3. The summed E-state index contributed by atoms with van der Waals surface area (Å²) >= 11 is 0. The zero-order valence-corrected chi connectivity index (χ0v) is 10.6. The molecule has 3 N–H and O–H groups in total. The fourth-order valence-corrected chi connectivity index (χ4v) is 1.89. The van der Waals surface area contributed by atoms with Gasteiger partial charge in [0.2, 0.25) is 0 Å². The maximum atomic E-state index is 12.1. The van der Waals surface area contributed by atoms with Gasteiger partial charge in [0.1, 0.15) is 16.9 Å². The second-order valence-electron chi connectivity index (χ2n) is 4.39. The van der Waals surface area contributed by atoms with Crippen LogP contribution in [0.1, 0.15) is 16.1 Å². The largest absolute Gasteiger partial charge is 0.478 e. The van der Waals surface area contributed by atoms with E-state index in [1.165, 1.54) is 0 Å². The van der Waals surface area contributed by atoms with Gasteiger partial charge in [-0.1, -0.05) is 18.2 Å². The van der Waals surface area contributed by atoms with Gasteiger partial charge in [-0.15, -0.1) is 0 Å². The highest BCUT2D eigenvalue weighted by Crippen LogP contribution is 2.26. The second-order valence-corrected chi connectivity index (χ2v) is 4.39. The first-order chi connectivity index (χ1) is 9.80. The molecule has 0 bridgehead atoms. The standard InChI is InChI=1S/C13H12F3NO4/c14-13(15,16)10(18)6-17-5-9-11(12(19)20)7-3-1-2-4-8(7)21-9/h1-4,10,17-18H,5-6H2,(H,19,20). The second kappa shape index (κ2) is 5.74. The maximum Gasteiger partial charge on any atom is 0.415 e. The average molecular weight is 303 g/mol. The van der Waals surface area contributed by atoms with E-state index in [0.29, 0.717) is 11.0 Å². The minimum absolute atomic E-state index is 0.0121. The molecule has 1 heterocycles. The first-order valence-electron chi connectivity index (χ1n) is 6.00. The van der Waals surface area contributed by atoms with Crippen molar-refractivity contribution in [3.05, 3.63) is 35.6 Å². The smallest absolute Gasteiger partial charge is 0.415 e. The third-order valence-corrected chi connectivity index (χ3v) is 2.88. The quantitative estimate of drug-likeness (QED) is 0.788. The highest BCUT2D eigenvalue weighted by Gasteiger charge is 2.37. The molecule has 0 saturated heterocycles. The molecule has 2 rings (SSSR count). The van der Waals surface area contributed by atoms with Gasteiger partial charge in [0.25, 0.3) is 0 Å². The molecule has 2 aromatic rings. The molecule has 0 aliphatic carbocycles. The van der Waals surface area contributed by atoms with Gasteiger partial charge in [-0.05, 0) is 6.07 Å². The summed E-state index contributed by atoms with van der Waals surface area (Å²) in [7, 11) is 0. The number of para-hydroxylation sites is 1. The van der Waals surface area contributed by atoms with Crippen LogP contribution in [-0.2, 0) is 6.54 Å². The van der Waals surface area contributed by atoms with Crippen molar-refractivity contribution in [1.82, 2.24) is 5.32 Å². The highest BCUT2D eigenvalue weighted by molar-refractivity contribution is 6.03. The van der Waals surface area contributed by atoms with Crippen molar-refractivity contribution in [1.29, 1.82) is 0 Å². The Bertz CT molecular complexity index is 650. The number of benzene rings is 1. The third kappa shape index (κ3) is 3.34. The predicted molar refractivity (Wildman–Crippen MR) is 66.9 cm³/mol. The lowest BCUT2D eigenvalue weighted by atomic mass is 10.1. The van der Waals surface area contributed by atoms with E-state index in [1.54, 1.807) is 24.3 Å². The van der Waals surface area contributed by atoms with E-state index >= 15 is 0 Å². The predicted octanol–water partition coefficient (Wildman–Crippen LogP) is 2.14. The van der Waals surface area contributed by atoms with Crippen LogP contribution in [0.2, 0.25) is 0 Å². The Kier molecular flexibility index (Phi) is 4.19. The van der Waals surface area contributed by atoms with Crippen molar-refractivity contribution in [2.24, 2.45) is 0 Å². The maximum absolute atomic E-state index is 12.1. The van der Waals surface area contributed by atoms with Gasteiger partial charge in [0.05, 0.1) is 6.54 Å². The van der Waals surface area contributed by atoms with Gasteiger partial charge in [-0.25, -0.2) is 4.79 Å². The summed E-state index contributed by atoms with van der Waals surface area (Å²) < 4.78 is 41.7. The molecule has 0 aliphatic heterocycles. The SMILES string of the molecule is O=C(O)c1c(CNCC(O)C(F)(F)F)oc2ccccc12. The highest BCUT2D eigenvalue weighted by atomic mass is 19.4. The normalized spacial score (nSPS) is 13.5. The van der Waals surface area contributed by atoms with Gasteiger partial charge >= 0.3 is 12.1 Å². The number of hydrogen-bond acceptors (Lipinski definition) is 4. The summed E-state index contributed by atoms with van der Waals surface area (Å²) in [4.78, 5) is 11.2. The molecule has 1 atom stereocenters. The molecular formula is C13H12F3NO4. The molecule has 1 aromatic carbocycles. The number of nitrogens with one attached hydrogen (secondary N) is 1. The Balaban J connectivity index is 2.15. The molecule has 5 nitrogen and oxygen atoms in total. The number of aliphatic hydroxyl groups is 1. The molecule has 0 saturated carbocycles. The van der Waals surface area contributed by atoms with E-state index in [2.05, 4.69) is 5.32 Å². The molecular weight excluding hydrogens is 291 g/mol. The van der Waals surface area contributed by atoms with Crippen LogP contribution in [0.3, 0.4) is 0 Å². The van der Waals surface area contributed by atoms with E-state index in [-0.39, 0.29) is 17.9 Å². The van der Waals surface area contributed by atoms with E-state index in [0.717, 1.165) is 0 Å². The van der Waals surface area contributed by atoms with Gasteiger partial charge in [-0.2, -0.15) is 13.2 Å². The van der Waals surface area contributed by atoms with Crippen LogP contribution in [0, 0.1) is 0 Å². The summed E-state index contributed by atoms with van der Waals surface area (Å²) in [5.41, 5.74) is 0.239. The van der Waals surface area contributed by atoms with E-state index in [1.807, 2.05) is 0 Å². The first kappa shape index (κ1) is 15.3. The number of furan rings is 1. The number of carboxylic acids is 1. The minimum atomic E-state index is -4.73. The monoisotopic (exact) mass is 303 g/mol. The lowest BCUT2D eigenvalue weighted by Gasteiger charge is -2.14. The van der Waals surface area contributed by atoms with Crippen molar-refractivity contribution >= 4 is 16.9 Å². The lowest BCUT2D eigenvalue weighted by Crippen LogP contribution is -2.38. The van der Waals surface area contributed by atoms with E-state index in [9.17, 15) is 23.1 Å². The fraction of sp³-hybridized carbons (Fsp3) is 0.308. The van der Waals surface area contributed by atoms with E-state index < -0.39 is 24.8 Å². The number of carbonyl (C=O) groups is 1. The lowest BCUT2D eigenvalue weighted by molar-refractivity contribution is -0.201. The van der Waals surface area contributed by atoms with Crippen LogP contribution in [0.5, 0.6) is 0 Å². The molecule has 21 heavy (non-hydrogen) atoms. The van der Waals surface area contributed by atoms with Gasteiger partial charge in [0, 0.05) is 11.9 Å². The van der Waals surface area contributed by atoms with Crippen molar-refractivity contribution in [3.63, 3.8) is 0 Å². The summed E-state index contributed by atoms with van der Waals surface area (Å²) in [5.74, 6) is -1.22. The molecule has 0 fully saturated rings. The minimum Gasteiger partial charge on any atom is -0.478 e. The van der Waals surface area contributed by atoms with E-state index in [4.69, 9.17) is 9.52 Å². The first-order valence-corrected chi connectivity index (χ1v) is 6.00. The Morgan fingerprint density at radius 2 is 2.00 bits per heavy atom. The number of carboxylic acid groups (broad SMARTS) is 1. The zero-order chi connectivity index (χ0) is 15.6. The number of halogens is 3. The van der Waals surface area contributed by atoms with Crippen LogP contribution in [-0.4, -0.2) is 35.0 Å². The number of aromatic carboxylic acids is 1. The molecule has 114 valence electrons. The summed E-state index contributed by atoms with van der Waals surface area (Å²) in [6, 6.07) is 6.41. The Morgan fingerprint density at radius 1 is 1.33 bits per heavy atom. The number of aliphatic hydroxyl groups excluding tert-OH is 1. The Morgan fingerprint density at radius 3 is 2.62 bits per heavy atom. The molecule has 0 radical (unpaired) electrons. The molecule has 1 unspecified atom stereocenters. The van der Waals surface area contributed by atoms with Crippen LogP contribution in [0.15, 0.2) is 28.7 Å². The van der Waals surface area contributed by atoms with Crippen LogP contribution in [0.4, 0.5) is 13.2 Å². The molecule has 0 spiro atoms. The molecule has 8 heteroatoms. The number of fused-ring (bicyclic) bond motifs is 1. The van der Waals surface area contributed by atoms with Crippen molar-refractivity contribution in [2.75, 3.05) is 6.54 Å². The van der Waals surface area contributed by atoms with Crippen LogP contribution in [0.25, 0.3) is 11.0 Å². The fourth-order valence-electron chi connectivity index (χ4n) is 1.89. The summed E-state index contributed by atoms with van der Waals surface area (Å²) in [6.45, 7) is -0.983. The molecule has 1 aromatic heterocycles. The van der Waals surface area contributed by atoms with Crippen LogP contribution < -0.4 is 5.32 Å². The summed E-state index contributed by atoms with van der Waals surface area (Å²) in [5, 5.41) is 20.7. The number of rotatable bonds is 5. The van der Waals surface area contributed by atoms with Crippen molar-refractivity contribution < 1.29 is 32.6 Å². The van der Waals surface area contributed by atoms with Crippen molar-refractivity contribution in [2.45, 2.75) is 18.8 Å². The topological polar surface area (TPSA) is 82.7 Å². The average Bonchev–Trinajstić information content (AvgIpc) is 2.75.